The zero-order valence-electron chi connectivity index (χ0n) is 24.0. The second-order valence-corrected chi connectivity index (χ2v) is 11.7. The Bertz CT molecular complexity index is 1610. The first-order chi connectivity index (χ1) is 18.8. The molecule has 1 aliphatic rings. The molecule has 0 aliphatic heterocycles. The third-order valence-electron chi connectivity index (χ3n) is 8.93. The zero-order chi connectivity index (χ0) is 27.3. The molecule has 3 aromatic carbocycles. The highest BCUT2D eigenvalue weighted by Gasteiger charge is 2.52. The van der Waals surface area contributed by atoms with Crippen molar-refractivity contribution in [1.29, 1.82) is 0 Å². The fourth-order valence-corrected chi connectivity index (χ4v) is 6.54. The van der Waals surface area contributed by atoms with Gasteiger partial charge in [-0.05, 0) is 83.9 Å². The second-order valence-electron chi connectivity index (χ2n) is 11.7. The van der Waals surface area contributed by atoms with Gasteiger partial charge in [-0.25, -0.2) is 4.98 Å². The molecule has 3 nitrogen and oxygen atoms in total. The van der Waals surface area contributed by atoms with Crippen molar-refractivity contribution in [3.8, 4) is 39.7 Å². The first-order valence-electron chi connectivity index (χ1n) is 14.3. The van der Waals surface area contributed by atoms with Crippen molar-refractivity contribution in [2.75, 3.05) is 0 Å². The van der Waals surface area contributed by atoms with Crippen LogP contribution in [0.15, 0.2) is 89.6 Å². The Balaban J connectivity index is 1.57. The molecule has 1 aliphatic carbocycles. The van der Waals surface area contributed by atoms with E-state index in [9.17, 15) is 0 Å². The highest BCUT2D eigenvalue weighted by molar-refractivity contribution is 5.78. The summed E-state index contributed by atoms with van der Waals surface area (Å²) in [4.78, 5) is 4.99. The summed E-state index contributed by atoms with van der Waals surface area (Å²) in [5, 5.41) is 0. The van der Waals surface area contributed by atoms with E-state index < -0.39 is 0 Å². The van der Waals surface area contributed by atoms with Crippen LogP contribution in [0.1, 0.15) is 68.7 Å². The lowest BCUT2D eigenvalue weighted by Gasteiger charge is -2.22. The number of imidazole rings is 1. The molecule has 1 unspecified atom stereocenters. The summed E-state index contributed by atoms with van der Waals surface area (Å²) in [5.74, 6) is 3.66. The van der Waals surface area contributed by atoms with Gasteiger partial charge in [0.05, 0.1) is 0 Å². The van der Waals surface area contributed by atoms with Gasteiger partial charge in [0, 0.05) is 29.1 Å². The van der Waals surface area contributed by atoms with Crippen molar-refractivity contribution in [2.45, 2.75) is 65.7 Å². The molecule has 1 saturated carbocycles. The minimum atomic E-state index is 0.199. The number of aromatic nitrogens is 2. The highest BCUT2D eigenvalue weighted by Crippen LogP contribution is 2.58. The van der Waals surface area contributed by atoms with Crippen LogP contribution in [-0.4, -0.2) is 9.55 Å². The molecule has 3 heteroatoms. The topological polar surface area (TPSA) is 31.0 Å². The van der Waals surface area contributed by atoms with E-state index in [1.807, 2.05) is 12.3 Å². The van der Waals surface area contributed by atoms with Crippen LogP contribution >= 0.6 is 0 Å². The summed E-state index contributed by atoms with van der Waals surface area (Å²) in [6.07, 6.45) is 6.31. The number of nitrogens with zero attached hydrogens (tertiary/aromatic N) is 2. The number of furan rings is 1. The van der Waals surface area contributed by atoms with Crippen molar-refractivity contribution >= 4 is 0 Å². The van der Waals surface area contributed by atoms with Crippen molar-refractivity contribution in [3.05, 3.63) is 107 Å². The Morgan fingerprint density at radius 3 is 2.31 bits per heavy atom. The SMILES string of the molecule is CCC1(c2ccc(-c3c(C)cccc3C)cc2-c2nccn2-c2oc(-c3ccccc3)cc2C(C)C)C[C@@H]1C. The molecular weight excluding hydrogens is 476 g/mol. The maximum Gasteiger partial charge on any atom is 0.209 e. The quantitative estimate of drug-likeness (QED) is 0.216. The molecule has 0 amide bonds. The molecule has 0 radical (unpaired) electrons. The first-order valence-corrected chi connectivity index (χ1v) is 14.3. The highest BCUT2D eigenvalue weighted by atomic mass is 16.4. The van der Waals surface area contributed by atoms with Gasteiger partial charge in [0.1, 0.15) is 11.6 Å². The van der Waals surface area contributed by atoms with Crippen molar-refractivity contribution in [2.24, 2.45) is 5.92 Å². The summed E-state index contributed by atoms with van der Waals surface area (Å²) >= 11 is 0. The molecule has 2 heterocycles. The third-order valence-corrected chi connectivity index (χ3v) is 8.93. The number of hydrogen-bond donors (Lipinski definition) is 0. The van der Waals surface area contributed by atoms with E-state index in [0.717, 1.165) is 29.5 Å². The van der Waals surface area contributed by atoms with Gasteiger partial charge in [-0.1, -0.05) is 88.4 Å². The Morgan fingerprint density at radius 2 is 1.67 bits per heavy atom. The van der Waals surface area contributed by atoms with Crippen LogP contribution in [0.5, 0.6) is 0 Å². The van der Waals surface area contributed by atoms with E-state index >= 15 is 0 Å². The minimum Gasteiger partial charge on any atom is -0.439 e. The van der Waals surface area contributed by atoms with Gasteiger partial charge in [-0.2, -0.15) is 0 Å². The molecule has 0 spiro atoms. The molecule has 2 aromatic heterocycles. The van der Waals surface area contributed by atoms with Gasteiger partial charge in [0.15, 0.2) is 0 Å². The fourth-order valence-electron chi connectivity index (χ4n) is 6.54. The molecule has 5 aromatic rings. The van der Waals surface area contributed by atoms with Crippen LogP contribution in [0.4, 0.5) is 0 Å². The van der Waals surface area contributed by atoms with E-state index in [4.69, 9.17) is 9.40 Å². The lowest BCUT2D eigenvalue weighted by atomic mass is 9.84. The van der Waals surface area contributed by atoms with E-state index in [2.05, 4.69) is 119 Å². The minimum absolute atomic E-state index is 0.199. The molecule has 2 atom stereocenters. The maximum atomic E-state index is 6.63. The Hall–Kier alpha value is -3.85. The van der Waals surface area contributed by atoms with Gasteiger partial charge in [-0.15, -0.1) is 0 Å². The molecule has 6 rings (SSSR count). The van der Waals surface area contributed by atoms with Crippen LogP contribution in [0, 0.1) is 19.8 Å². The van der Waals surface area contributed by atoms with Crippen LogP contribution < -0.4 is 0 Å². The molecule has 0 N–H and O–H groups in total. The number of aryl methyl sites for hydroxylation is 2. The molecule has 0 saturated heterocycles. The fraction of sp³-hybridized carbons (Fsp3) is 0.306. The Labute approximate surface area is 232 Å². The lowest BCUT2D eigenvalue weighted by molar-refractivity contribution is 0.545. The van der Waals surface area contributed by atoms with Crippen molar-refractivity contribution in [3.63, 3.8) is 0 Å². The summed E-state index contributed by atoms with van der Waals surface area (Å²) in [6, 6.07) is 26.2. The second kappa shape index (κ2) is 9.72. The number of rotatable bonds is 7. The van der Waals surface area contributed by atoms with Gasteiger partial charge in [0.25, 0.3) is 0 Å². The average Bonchev–Trinajstić information content (AvgIpc) is 3.27. The Kier molecular flexibility index (Phi) is 6.33. The van der Waals surface area contributed by atoms with Gasteiger partial charge < -0.3 is 4.42 Å². The van der Waals surface area contributed by atoms with Gasteiger partial charge in [-0.3, -0.25) is 4.57 Å². The smallest absolute Gasteiger partial charge is 0.209 e. The predicted octanol–water partition coefficient (Wildman–Crippen LogP) is 9.89. The Morgan fingerprint density at radius 1 is 0.949 bits per heavy atom. The molecule has 0 bridgehead atoms. The number of hydrogen-bond acceptors (Lipinski definition) is 2. The predicted molar refractivity (Wildman–Crippen MR) is 161 cm³/mol. The summed E-state index contributed by atoms with van der Waals surface area (Å²) in [6.45, 7) is 13.6. The van der Waals surface area contributed by atoms with E-state index in [1.165, 1.54) is 45.4 Å². The zero-order valence-corrected chi connectivity index (χ0v) is 24.0. The summed E-state index contributed by atoms with van der Waals surface area (Å²) in [5.41, 5.74) is 10.2. The molecule has 39 heavy (non-hydrogen) atoms. The first kappa shape index (κ1) is 25.4. The summed E-state index contributed by atoms with van der Waals surface area (Å²) < 4.78 is 8.81. The average molecular weight is 515 g/mol. The van der Waals surface area contributed by atoms with E-state index in [1.54, 1.807) is 0 Å². The van der Waals surface area contributed by atoms with Crippen molar-refractivity contribution in [1.82, 2.24) is 9.55 Å². The normalized spacial score (nSPS) is 18.6. The van der Waals surface area contributed by atoms with Crippen LogP contribution in [-0.2, 0) is 5.41 Å². The van der Waals surface area contributed by atoms with Crippen LogP contribution in [0.3, 0.4) is 0 Å². The number of benzene rings is 3. The molecular formula is C36H38N2O. The van der Waals surface area contributed by atoms with Crippen LogP contribution in [0.25, 0.3) is 39.7 Å². The molecule has 198 valence electrons. The maximum absolute atomic E-state index is 6.63. The van der Waals surface area contributed by atoms with Crippen LogP contribution in [0.2, 0.25) is 0 Å². The van der Waals surface area contributed by atoms with Gasteiger partial charge >= 0.3 is 0 Å². The monoisotopic (exact) mass is 514 g/mol. The van der Waals surface area contributed by atoms with E-state index in [0.29, 0.717) is 11.8 Å². The molecule has 1 fully saturated rings. The third kappa shape index (κ3) is 4.25. The lowest BCUT2D eigenvalue weighted by Crippen LogP contribution is -2.11. The van der Waals surface area contributed by atoms with Crippen molar-refractivity contribution < 1.29 is 4.42 Å². The largest absolute Gasteiger partial charge is 0.439 e. The van der Waals surface area contributed by atoms with Gasteiger partial charge in [0.2, 0.25) is 5.88 Å². The summed E-state index contributed by atoms with van der Waals surface area (Å²) in [7, 11) is 0. The van der Waals surface area contributed by atoms with E-state index in [-0.39, 0.29) is 5.41 Å². The standard InChI is InChI=1S/C36H38N2O/c1-7-36(22-26(36)6)31-17-16-28(33-24(4)12-11-13-25(33)5)20-30(31)34-37-18-19-38(34)35-29(23(2)3)21-32(39-35)27-14-9-8-10-15-27/h8-21,23,26H,7,22H2,1-6H3/t26-,36?/m0/s1.